The molecule has 1 amide bonds. The van der Waals surface area contributed by atoms with Gasteiger partial charge in [-0.05, 0) is 25.0 Å². The van der Waals surface area contributed by atoms with Crippen LogP contribution in [0.5, 0.6) is 5.75 Å². The molecule has 0 aliphatic carbocycles. The van der Waals surface area contributed by atoms with Crippen molar-refractivity contribution in [2.24, 2.45) is 5.73 Å². The average molecular weight is 180 g/mol. The Morgan fingerprint density at radius 2 is 2.38 bits per heavy atom. The monoisotopic (exact) mass is 180 g/mol. The zero-order chi connectivity index (χ0) is 9.84. The summed E-state index contributed by atoms with van der Waals surface area (Å²) in [6, 6.07) is 1.75. The molecule has 0 atom stereocenters. The fourth-order valence-corrected chi connectivity index (χ4v) is 1.12. The number of nitrogens with two attached hydrogens (primary N) is 1. The lowest BCUT2D eigenvalue weighted by Gasteiger charge is -2.04. The smallest absolute Gasteiger partial charge is 0.409 e. The number of amides is 1. The maximum Gasteiger partial charge on any atom is 0.410 e. The second-order valence-electron chi connectivity index (χ2n) is 2.71. The lowest BCUT2D eigenvalue weighted by molar-refractivity contribution is 0.210. The molecule has 0 fully saturated rings. The number of primary amides is 1. The van der Waals surface area contributed by atoms with Crippen LogP contribution in [0.2, 0.25) is 0 Å². The number of aromatic nitrogens is 1. The number of pyridine rings is 1. The first-order chi connectivity index (χ1) is 6.13. The minimum atomic E-state index is -0.814. The van der Waals surface area contributed by atoms with E-state index in [1.165, 1.54) is 6.20 Å². The zero-order valence-corrected chi connectivity index (χ0v) is 7.70. The van der Waals surface area contributed by atoms with Crippen molar-refractivity contribution in [1.82, 2.24) is 4.98 Å². The highest BCUT2D eigenvalue weighted by Gasteiger charge is 2.02. The van der Waals surface area contributed by atoms with E-state index in [0.29, 0.717) is 5.75 Å². The molecule has 1 heterocycles. The minimum Gasteiger partial charge on any atom is -0.409 e. The van der Waals surface area contributed by atoms with E-state index < -0.39 is 6.09 Å². The van der Waals surface area contributed by atoms with Gasteiger partial charge in [-0.15, -0.1) is 0 Å². The molecule has 2 N–H and O–H groups in total. The molecule has 4 heteroatoms. The van der Waals surface area contributed by atoms with Gasteiger partial charge in [0.25, 0.3) is 0 Å². The van der Waals surface area contributed by atoms with Crippen LogP contribution < -0.4 is 10.5 Å². The number of hydrogen-bond acceptors (Lipinski definition) is 3. The van der Waals surface area contributed by atoms with Crippen molar-refractivity contribution < 1.29 is 9.53 Å². The van der Waals surface area contributed by atoms with E-state index in [4.69, 9.17) is 5.73 Å². The standard InChI is InChI=1S/C9H12N2O2/c1-3-8-6(2)4-7(5-11-8)13-9(10)12/h4-5H,3H2,1-2H3,(H2,10,12). The van der Waals surface area contributed by atoms with Crippen LogP contribution in [0.25, 0.3) is 0 Å². The summed E-state index contributed by atoms with van der Waals surface area (Å²) in [5, 5.41) is 0. The van der Waals surface area contributed by atoms with Gasteiger partial charge in [0.15, 0.2) is 5.75 Å². The number of carbonyl (C=O) groups is 1. The predicted octanol–water partition coefficient (Wildman–Crippen LogP) is 1.41. The molecule has 13 heavy (non-hydrogen) atoms. The summed E-state index contributed by atoms with van der Waals surface area (Å²) in [7, 11) is 0. The summed E-state index contributed by atoms with van der Waals surface area (Å²) >= 11 is 0. The van der Waals surface area contributed by atoms with E-state index in [1.54, 1.807) is 6.07 Å². The molecular weight excluding hydrogens is 168 g/mol. The van der Waals surface area contributed by atoms with Crippen LogP contribution in [0.4, 0.5) is 4.79 Å². The van der Waals surface area contributed by atoms with Crippen molar-refractivity contribution in [3.63, 3.8) is 0 Å². The van der Waals surface area contributed by atoms with E-state index in [-0.39, 0.29) is 0 Å². The van der Waals surface area contributed by atoms with Crippen LogP contribution in [-0.4, -0.2) is 11.1 Å². The third-order valence-electron chi connectivity index (χ3n) is 1.71. The molecule has 0 aliphatic heterocycles. The van der Waals surface area contributed by atoms with Crippen molar-refractivity contribution in [2.45, 2.75) is 20.3 Å². The average Bonchev–Trinajstić information content (AvgIpc) is 2.03. The van der Waals surface area contributed by atoms with Gasteiger partial charge in [0, 0.05) is 5.69 Å². The van der Waals surface area contributed by atoms with Gasteiger partial charge < -0.3 is 10.5 Å². The molecule has 70 valence electrons. The van der Waals surface area contributed by atoms with Crippen LogP contribution in [0, 0.1) is 6.92 Å². The second kappa shape index (κ2) is 3.89. The fraction of sp³-hybridized carbons (Fsp3) is 0.333. The zero-order valence-electron chi connectivity index (χ0n) is 7.70. The van der Waals surface area contributed by atoms with Crippen molar-refractivity contribution in [1.29, 1.82) is 0 Å². The lowest BCUT2D eigenvalue weighted by Crippen LogP contribution is -2.16. The predicted molar refractivity (Wildman–Crippen MR) is 48.6 cm³/mol. The van der Waals surface area contributed by atoms with Crippen molar-refractivity contribution >= 4 is 6.09 Å². The van der Waals surface area contributed by atoms with Crippen LogP contribution in [0.15, 0.2) is 12.3 Å². The van der Waals surface area contributed by atoms with Crippen LogP contribution >= 0.6 is 0 Å². The Bertz CT molecular complexity index is 323. The Balaban J connectivity index is 2.89. The minimum absolute atomic E-state index is 0.391. The summed E-state index contributed by atoms with van der Waals surface area (Å²) in [6.07, 6.45) is 1.55. The van der Waals surface area contributed by atoms with E-state index in [1.807, 2.05) is 13.8 Å². The summed E-state index contributed by atoms with van der Waals surface area (Å²) < 4.78 is 4.67. The first-order valence-electron chi connectivity index (χ1n) is 4.06. The molecule has 0 spiro atoms. The van der Waals surface area contributed by atoms with Crippen molar-refractivity contribution in [3.05, 3.63) is 23.5 Å². The number of carbonyl (C=O) groups excluding carboxylic acids is 1. The highest BCUT2D eigenvalue weighted by molar-refractivity contribution is 5.67. The number of hydrogen-bond donors (Lipinski definition) is 1. The van der Waals surface area contributed by atoms with Crippen LogP contribution in [0.1, 0.15) is 18.2 Å². The van der Waals surface area contributed by atoms with Gasteiger partial charge in [-0.25, -0.2) is 4.79 Å². The first kappa shape index (κ1) is 9.51. The number of rotatable bonds is 2. The number of aryl methyl sites for hydroxylation is 2. The highest BCUT2D eigenvalue weighted by Crippen LogP contribution is 2.14. The van der Waals surface area contributed by atoms with E-state index in [0.717, 1.165) is 17.7 Å². The van der Waals surface area contributed by atoms with Gasteiger partial charge in [-0.2, -0.15) is 0 Å². The summed E-state index contributed by atoms with van der Waals surface area (Å²) in [5.74, 6) is 0.391. The quantitative estimate of drug-likeness (QED) is 0.748. The molecule has 0 saturated heterocycles. The molecule has 0 unspecified atom stereocenters. The first-order valence-corrected chi connectivity index (χ1v) is 4.06. The van der Waals surface area contributed by atoms with Gasteiger partial charge in [-0.1, -0.05) is 6.92 Å². The summed E-state index contributed by atoms with van der Waals surface area (Å²) in [4.78, 5) is 14.5. The van der Waals surface area contributed by atoms with E-state index in [9.17, 15) is 4.79 Å². The Hall–Kier alpha value is -1.58. The Kier molecular flexibility index (Phi) is 2.84. The fourth-order valence-electron chi connectivity index (χ4n) is 1.12. The van der Waals surface area contributed by atoms with Gasteiger partial charge in [0.1, 0.15) is 0 Å². The third kappa shape index (κ3) is 2.43. The topological polar surface area (TPSA) is 65.2 Å². The van der Waals surface area contributed by atoms with Crippen molar-refractivity contribution in [2.75, 3.05) is 0 Å². The Morgan fingerprint density at radius 3 is 2.85 bits per heavy atom. The molecule has 1 aromatic heterocycles. The van der Waals surface area contributed by atoms with E-state index in [2.05, 4.69) is 9.72 Å². The van der Waals surface area contributed by atoms with Gasteiger partial charge in [0.2, 0.25) is 0 Å². The molecule has 4 nitrogen and oxygen atoms in total. The van der Waals surface area contributed by atoms with E-state index >= 15 is 0 Å². The van der Waals surface area contributed by atoms with Crippen molar-refractivity contribution in [3.8, 4) is 5.75 Å². The largest absolute Gasteiger partial charge is 0.410 e. The lowest BCUT2D eigenvalue weighted by atomic mass is 10.2. The molecule has 0 bridgehead atoms. The normalized spacial score (nSPS) is 9.69. The maximum absolute atomic E-state index is 10.4. The molecule has 0 radical (unpaired) electrons. The highest BCUT2D eigenvalue weighted by atomic mass is 16.5. The molecule has 1 rings (SSSR count). The summed E-state index contributed by atoms with van der Waals surface area (Å²) in [5.41, 5.74) is 6.85. The Morgan fingerprint density at radius 1 is 1.69 bits per heavy atom. The molecule has 0 aliphatic rings. The Labute approximate surface area is 76.7 Å². The SMILES string of the molecule is CCc1ncc(OC(N)=O)cc1C. The molecule has 1 aromatic rings. The van der Waals surface area contributed by atoms with Crippen LogP contribution in [0.3, 0.4) is 0 Å². The molecule has 0 aromatic carbocycles. The van der Waals surface area contributed by atoms with Gasteiger partial charge in [-0.3, -0.25) is 4.98 Å². The maximum atomic E-state index is 10.4. The van der Waals surface area contributed by atoms with Gasteiger partial charge in [0.05, 0.1) is 6.20 Å². The molecular formula is C9H12N2O2. The third-order valence-corrected chi connectivity index (χ3v) is 1.71. The number of ether oxygens (including phenoxy) is 1. The summed E-state index contributed by atoms with van der Waals surface area (Å²) in [6.45, 7) is 3.93. The number of nitrogens with zero attached hydrogens (tertiary/aromatic N) is 1. The van der Waals surface area contributed by atoms with Gasteiger partial charge >= 0.3 is 6.09 Å². The second-order valence-corrected chi connectivity index (χ2v) is 2.71. The van der Waals surface area contributed by atoms with Crippen LogP contribution in [-0.2, 0) is 6.42 Å². The molecule has 0 saturated carbocycles.